The van der Waals surface area contributed by atoms with Gasteiger partial charge in [0.15, 0.2) is 0 Å². The summed E-state index contributed by atoms with van der Waals surface area (Å²) in [6.45, 7) is 4.83. The summed E-state index contributed by atoms with van der Waals surface area (Å²) in [7, 11) is 3.34. The van der Waals surface area contributed by atoms with E-state index in [2.05, 4.69) is 15.5 Å². The first-order valence-corrected chi connectivity index (χ1v) is 7.49. The zero-order valence-electron chi connectivity index (χ0n) is 13.9. The number of nitrogens with one attached hydrogen (secondary N) is 1. The molecule has 0 atom stereocenters. The maximum Gasteiger partial charge on any atom is 0.273 e. The number of aryl methyl sites for hydroxylation is 3. The number of carbonyl (C=O) groups is 2. The normalized spacial score (nSPS) is 10.6. The topological polar surface area (TPSA) is 85.0 Å². The first-order chi connectivity index (χ1) is 10.9. The quantitative estimate of drug-likeness (QED) is 0.865. The van der Waals surface area contributed by atoms with Crippen LogP contribution in [0.3, 0.4) is 0 Å². The molecule has 0 aromatic carbocycles. The number of hydrogen-bond donors (Lipinski definition) is 1. The summed E-state index contributed by atoms with van der Waals surface area (Å²) in [5.74, 6) is -0.371. The zero-order chi connectivity index (χ0) is 17.0. The van der Waals surface area contributed by atoms with Crippen molar-refractivity contribution < 1.29 is 9.59 Å². The van der Waals surface area contributed by atoms with E-state index in [1.54, 1.807) is 23.5 Å². The molecule has 0 spiro atoms. The van der Waals surface area contributed by atoms with Crippen LogP contribution in [0.4, 0.5) is 5.69 Å². The second kappa shape index (κ2) is 7.08. The minimum Gasteiger partial charge on any atom is -0.343 e. The van der Waals surface area contributed by atoms with Crippen molar-refractivity contribution >= 4 is 17.5 Å². The van der Waals surface area contributed by atoms with Gasteiger partial charge in [0.2, 0.25) is 5.91 Å². The Morgan fingerprint density at radius 3 is 2.65 bits per heavy atom. The molecule has 124 valence electrons. The van der Waals surface area contributed by atoms with Gasteiger partial charge in [0.25, 0.3) is 5.91 Å². The summed E-state index contributed by atoms with van der Waals surface area (Å²) in [5, 5.41) is 11.2. The Bertz CT molecular complexity index is 701. The van der Waals surface area contributed by atoms with Crippen molar-refractivity contribution in [2.24, 2.45) is 0 Å². The Morgan fingerprint density at radius 1 is 1.35 bits per heavy atom. The summed E-state index contributed by atoms with van der Waals surface area (Å²) in [6.07, 6.45) is 3.61. The second-order valence-corrected chi connectivity index (χ2v) is 5.44. The van der Waals surface area contributed by atoms with E-state index < -0.39 is 0 Å². The Labute approximate surface area is 135 Å². The van der Waals surface area contributed by atoms with E-state index >= 15 is 0 Å². The van der Waals surface area contributed by atoms with E-state index in [1.807, 2.05) is 26.1 Å². The maximum atomic E-state index is 12.3. The lowest BCUT2D eigenvalue weighted by atomic mass is 10.3. The summed E-state index contributed by atoms with van der Waals surface area (Å²) in [6, 6.07) is 1.89. The molecule has 0 aliphatic rings. The van der Waals surface area contributed by atoms with Gasteiger partial charge in [-0.1, -0.05) is 0 Å². The largest absolute Gasteiger partial charge is 0.343 e. The van der Waals surface area contributed by atoms with Crippen molar-refractivity contribution in [1.29, 1.82) is 0 Å². The maximum absolute atomic E-state index is 12.3. The highest BCUT2D eigenvalue weighted by atomic mass is 16.2. The average molecular weight is 318 g/mol. The van der Waals surface area contributed by atoms with Gasteiger partial charge in [-0.05, 0) is 19.9 Å². The molecule has 0 unspecified atom stereocenters. The third-order valence-electron chi connectivity index (χ3n) is 3.36. The lowest BCUT2D eigenvalue weighted by molar-refractivity contribution is -0.116. The van der Waals surface area contributed by atoms with Crippen molar-refractivity contribution in [2.45, 2.75) is 33.4 Å². The fourth-order valence-corrected chi connectivity index (χ4v) is 2.17. The summed E-state index contributed by atoms with van der Waals surface area (Å²) in [5.41, 5.74) is 1.74. The van der Waals surface area contributed by atoms with Crippen LogP contribution in [0.5, 0.6) is 0 Å². The predicted octanol–water partition coefficient (Wildman–Crippen LogP) is 1.14. The van der Waals surface area contributed by atoms with Crippen LogP contribution < -0.4 is 5.32 Å². The third-order valence-corrected chi connectivity index (χ3v) is 3.36. The van der Waals surface area contributed by atoms with Crippen molar-refractivity contribution in [3.05, 3.63) is 29.8 Å². The Morgan fingerprint density at radius 2 is 2.09 bits per heavy atom. The molecule has 2 amide bonds. The molecule has 2 aromatic rings. The minimum atomic E-state index is -0.192. The van der Waals surface area contributed by atoms with Crippen LogP contribution >= 0.6 is 0 Å². The molecule has 0 radical (unpaired) electrons. The molecule has 2 heterocycles. The van der Waals surface area contributed by atoms with Crippen LogP contribution in [-0.4, -0.2) is 50.4 Å². The van der Waals surface area contributed by atoms with Gasteiger partial charge in [-0.25, -0.2) is 0 Å². The van der Waals surface area contributed by atoms with Gasteiger partial charge in [-0.3, -0.25) is 19.0 Å². The van der Waals surface area contributed by atoms with Crippen LogP contribution in [0.25, 0.3) is 0 Å². The number of rotatable bonds is 6. The van der Waals surface area contributed by atoms with Gasteiger partial charge in [-0.2, -0.15) is 10.2 Å². The number of carbonyl (C=O) groups excluding carboxylic acids is 2. The molecule has 8 nitrogen and oxygen atoms in total. The average Bonchev–Trinajstić information content (AvgIpc) is 3.10. The predicted molar refractivity (Wildman–Crippen MR) is 86.1 cm³/mol. The second-order valence-electron chi connectivity index (χ2n) is 5.44. The fourth-order valence-electron chi connectivity index (χ4n) is 2.17. The van der Waals surface area contributed by atoms with Crippen LogP contribution in [0.1, 0.15) is 29.5 Å². The van der Waals surface area contributed by atoms with Crippen LogP contribution in [0.2, 0.25) is 0 Å². The number of hydrogen-bond acceptors (Lipinski definition) is 4. The van der Waals surface area contributed by atoms with Crippen LogP contribution in [0, 0.1) is 6.92 Å². The van der Waals surface area contributed by atoms with Gasteiger partial charge >= 0.3 is 0 Å². The summed E-state index contributed by atoms with van der Waals surface area (Å²) in [4.78, 5) is 25.9. The molecule has 0 fully saturated rings. The monoisotopic (exact) mass is 318 g/mol. The van der Waals surface area contributed by atoms with E-state index in [4.69, 9.17) is 0 Å². The smallest absolute Gasteiger partial charge is 0.273 e. The molecular weight excluding hydrogens is 296 g/mol. The summed E-state index contributed by atoms with van der Waals surface area (Å²) >= 11 is 0. The van der Waals surface area contributed by atoms with E-state index in [9.17, 15) is 9.59 Å². The lowest BCUT2D eigenvalue weighted by Crippen LogP contribution is -2.26. The molecule has 0 saturated heterocycles. The Balaban J connectivity index is 2.05. The van der Waals surface area contributed by atoms with Gasteiger partial charge in [0.05, 0.1) is 17.6 Å². The molecule has 1 N–H and O–H groups in total. The number of aromatic nitrogens is 4. The first-order valence-electron chi connectivity index (χ1n) is 7.49. The van der Waals surface area contributed by atoms with Crippen molar-refractivity contribution in [2.75, 3.05) is 19.4 Å². The Hall–Kier alpha value is -2.64. The molecule has 0 aliphatic carbocycles. The SMILES string of the molecule is CCn1ncc(NC(=O)CCn2ccc(C)n2)c1C(=O)N(C)C. The Kier molecular flexibility index (Phi) is 5.15. The molecule has 0 aliphatic heterocycles. The highest BCUT2D eigenvalue weighted by molar-refractivity contribution is 6.02. The lowest BCUT2D eigenvalue weighted by Gasteiger charge is -2.13. The molecular formula is C15H22N6O2. The van der Waals surface area contributed by atoms with E-state index in [0.717, 1.165) is 5.69 Å². The van der Waals surface area contributed by atoms with Crippen LogP contribution in [0.15, 0.2) is 18.5 Å². The molecule has 23 heavy (non-hydrogen) atoms. The highest BCUT2D eigenvalue weighted by Gasteiger charge is 2.20. The molecule has 0 saturated carbocycles. The third kappa shape index (κ3) is 3.97. The first kappa shape index (κ1) is 16.7. The molecule has 2 aromatic heterocycles. The number of amides is 2. The van der Waals surface area contributed by atoms with Crippen molar-refractivity contribution in [3.8, 4) is 0 Å². The van der Waals surface area contributed by atoms with Crippen molar-refractivity contribution in [3.63, 3.8) is 0 Å². The van der Waals surface area contributed by atoms with Crippen molar-refractivity contribution in [1.82, 2.24) is 24.5 Å². The van der Waals surface area contributed by atoms with Gasteiger partial charge in [0, 0.05) is 39.8 Å². The number of nitrogens with zero attached hydrogens (tertiary/aromatic N) is 5. The van der Waals surface area contributed by atoms with Crippen LogP contribution in [-0.2, 0) is 17.9 Å². The van der Waals surface area contributed by atoms with Gasteiger partial charge < -0.3 is 10.2 Å². The van der Waals surface area contributed by atoms with E-state index in [1.165, 1.54) is 11.1 Å². The van der Waals surface area contributed by atoms with E-state index in [0.29, 0.717) is 24.5 Å². The minimum absolute atomic E-state index is 0.179. The molecule has 0 bridgehead atoms. The standard InChI is InChI=1S/C15H22N6O2/c1-5-21-14(15(23)19(3)4)12(10-16-21)17-13(22)7-9-20-8-6-11(2)18-20/h6,8,10H,5,7,9H2,1-4H3,(H,17,22). The van der Waals surface area contributed by atoms with Gasteiger partial charge in [-0.15, -0.1) is 0 Å². The van der Waals surface area contributed by atoms with E-state index in [-0.39, 0.29) is 18.2 Å². The summed E-state index contributed by atoms with van der Waals surface area (Å²) < 4.78 is 3.30. The van der Waals surface area contributed by atoms with Gasteiger partial charge in [0.1, 0.15) is 5.69 Å². The highest BCUT2D eigenvalue weighted by Crippen LogP contribution is 2.17. The number of anilines is 1. The molecule has 8 heteroatoms. The zero-order valence-corrected chi connectivity index (χ0v) is 13.9. The fraction of sp³-hybridized carbons (Fsp3) is 0.467. The molecule has 2 rings (SSSR count).